The normalized spacial score (nSPS) is 23.2. The summed E-state index contributed by atoms with van der Waals surface area (Å²) in [6, 6.07) is 0.530. The van der Waals surface area contributed by atoms with Gasteiger partial charge in [-0.2, -0.15) is 0 Å². The highest BCUT2D eigenvalue weighted by Crippen LogP contribution is 2.15. The molecule has 0 aromatic carbocycles. The van der Waals surface area contributed by atoms with E-state index in [-0.39, 0.29) is 0 Å². The zero-order valence-corrected chi connectivity index (χ0v) is 7.32. The number of nitrogens with one attached hydrogen (secondary N) is 1. The van der Waals surface area contributed by atoms with Crippen LogP contribution in [0.5, 0.6) is 0 Å². The lowest BCUT2D eigenvalue weighted by Gasteiger charge is -2.10. The highest BCUT2D eigenvalue weighted by atomic mass is 15.4. The van der Waals surface area contributed by atoms with E-state index in [1.807, 2.05) is 6.20 Å². The maximum Gasteiger partial charge on any atom is 0.0725 e. The van der Waals surface area contributed by atoms with E-state index in [1.165, 1.54) is 12.1 Å². The van der Waals surface area contributed by atoms with Gasteiger partial charge < -0.3 is 5.32 Å². The van der Waals surface area contributed by atoms with Crippen LogP contribution in [0.25, 0.3) is 0 Å². The van der Waals surface area contributed by atoms with Gasteiger partial charge >= 0.3 is 0 Å². The van der Waals surface area contributed by atoms with Gasteiger partial charge in [-0.25, -0.2) is 4.68 Å². The van der Waals surface area contributed by atoms with E-state index < -0.39 is 0 Å². The maximum atomic E-state index is 4.10. The second-order valence-electron chi connectivity index (χ2n) is 3.17. The lowest BCUT2D eigenvalue weighted by atomic mass is 10.2. The molecule has 1 aliphatic rings. The minimum absolute atomic E-state index is 0.530. The van der Waals surface area contributed by atoms with Crippen LogP contribution in [-0.4, -0.2) is 28.1 Å². The summed E-state index contributed by atoms with van der Waals surface area (Å²) in [4.78, 5) is 0. The minimum atomic E-state index is 0.530. The fourth-order valence-corrected chi connectivity index (χ4v) is 1.67. The molecule has 1 aromatic heterocycles. The van der Waals surface area contributed by atoms with Crippen LogP contribution in [0.2, 0.25) is 0 Å². The second kappa shape index (κ2) is 3.23. The van der Waals surface area contributed by atoms with Crippen molar-refractivity contribution in [2.75, 3.05) is 13.1 Å². The van der Waals surface area contributed by atoms with Crippen molar-refractivity contribution in [2.24, 2.45) is 0 Å². The second-order valence-corrected chi connectivity index (χ2v) is 3.17. The van der Waals surface area contributed by atoms with Gasteiger partial charge in [0, 0.05) is 6.54 Å². The first-order chi connectivity index (χ1) is 5.92. The fraction of sp³-hybridized carbons (Fsp3) is 0.750. The molecular formula is C8H14N4. The fourth-order valence-electron chi connectivity index (χ4n) is 1.67. The molecule has 1 aromatic rings. The number of hydrogen-bond donors (Lipinski definition) is 1. The van der Waals surface area contributed by atoms with E-state index >= 15 is 0 Å². The Morgan fingerprint density at radius 3 is 3.33 bits per heavy atom. The molecule has 0 radical (unpaired) electrons. The van der Waals surface area contributed by atoms with Crippen LogP contribution < -0.4 is 5.32 Å². The van der Waals surface area contributed by atoms with Gasteiger partial charge in [0.15, 0.2) is 0 Å². The van der Waals surface area contributed by atoms with E-state index in [0.29, 0.717) is 6.04 Å². The smallest absolute Gasteiger partial charge is 0.0725 e. The van der Waals surface area contributed by atoms with Crippen molar-refractivity contribution in [3.8, 4) is 0 Å². The zero-order valence-electron chi connectivity index (χ0n) is 7.32. The van der Waals surface area contributed by atoms with E-state index in [1.54, 1.807) is 0 Å². The van der Waals surface area contributed by atoms with Gasteiger partial charge in [-0.05, 0) is 19.4 Å². The minimum Gasteiger partial charge on any atom is -0.315 e. The highest BCUT2D eigenvalue weighted by molar-refractivity contribution is 4.96. The van der Waals surface area contributed by atoms with Gasteiger partial charge in [-0.15, -0.1) is 5.10 Å². The molecule has 66 valence electrons. The van der Waals surface area contributed by atoms with Crippen LogP contribution in [0.4, 0.5) is 0 Å². The SMILES string of the molecule is CCc1cnnn1C1CCNC1. The highest BCUT2D eigenvalue weighted by Gasteiger charge is 2.18. The van der Waals surface area contributed by atoms with Gasteiger partial charge in [0.25, 0.3) is 0 Å². The third-order valence-corrected chi connectivity index (χ3v) is 2.39. The van der Waals surface area contributed by atoms with Crippen molar-refractivity contribution >= 4 is 0 Å². The lowest BCUT2D eigenvalue weighted by molar-refractivity contribution is 0.460. The molecule has 1 aliphatic heterocycles. The summed E-state index contributed by atoms with van der Waals surface area (Å²) in [6.07, 6.45) is 4.05. The first kappa shape index (κ1) is 7.73. The summed E-state index contributed by atoms with van der Waals surface area (Å²) in [5.41, 5.74) is 1.24. The van der Waals surface area contributed by atoms with Gasteiger partial charge in [0.2, 0.25) is 0 Å². The summed E-state index contributed by atoms with van der Waals surface area (Å²) < 4.78 is 2.06. The van der Waals surface area contributed by atoms with Gasteiger partial charge in [-0.1, -0.05) is 12.1 Å². The number of aryl methyl sites for hydroxylation is 1. The average Bonchev–Trinajstić information content (AvgIpc) is 2.74. The predicted molar refractivity (Wildman–Crippen MR) is 45.9 cm³/mol. The van der Waals surface area contributed by atoms with E-state index in [0.717, 1.165) is 19.5 Å². The number of nitrogens with zero attached hydrogens (tertiary/aromatic N) is 3. The Balaban J connectivity index is 2.19. The van der Waals surface area contributed by atoms with Gasteiger partial charge in [-0.3, -0.25) is 0 Å². The van der Waals surface area contributed by atoms with Crippen molar-refractivity contribution in [1.82, 2.24) is 20.3 Å². The Hall–Kier alpha value is -0.900. The van der Waals surface area contributed by atoms with Crippen molar-refractivity contribution in [1.29, 1.82) is 0 Å². The largest absolute Gasteiger partial charge is 0.315 e. The Morgan fingerprint density at radius 2 is 2.67 bits per heavy atom. The van der Waals surface area contributed by atoms with E-state index in [2.05, 4.69) is 27.2 Å². The Kier molecular flexibility index (Phi) is 2.08. The molecule has 1 N–H and O–H groups in total. The third-order valence-electron chi connectivity index (χ3n) is 2.39. The van der Waals surface area contributed by atoms with Crippen molar-refractivity contribution in [3.05, 3.63) is 11.9 Å². The van der Waals surface area contributed by atoms with Crippen molar-refractivity contribution in [2.45, 2.75) is 25.8 Å². The molecule has 0 bridgehead atoms. The van der Waals surface area contributed by atoms with Crippen LogP contribution in [0.1, 0.15) is 25.1 Å². The Bertz CT molecular complexity index is 249. The standard InChI is InChI=1S/C8H14N4/c1-2-7-6-10-11-12(7)8-3-4-9-5-8/h6,8-9H,2-5H2,1H3. The van der Waals surface area contributed by atoms with Crippen molar-refractivity contribution in [3.63, 3.8) is 0 Å². The molecule has 0 amide bonds. The van der Waals surface area contributed by atoms with Gasteiger partial charge in [0.1, 0.15) is 0 Å². The summed E-state index contributed by atoms with van der Waals surface area (Å²) in [5.74, 6) is 0. The molecule has 4 nitrogen and oxygen atoms in total. The topological polar surface area (TPSA) is 42.7 Å². The summed E-state index contributed by atoms with van der Waals surface area (Å²) in [5, 5.41) is 11.3. The summed E-state index contributed by atoms with van der Waals surface area (Å²) in [7, 11) is 0. The van der Waals surface area contributed by atoms with E-state index in [9.17, 15) is 0 Å². The lowest BCUT2D eigenvalue weighted by Crippen LogP contribution is -2.16. The quantitative estimate of drug-likeness (QED) is 0.690. The molecule has 0 spiro atoms. The molecule has 1 unspecified atom stereocenters. The molecule has 4 heteroatoms. The molecule has 2 rings (SSSR count). The molecule has 0 aliphatic carbocycles. The van der Waals surface area contributed by atoms with Crippen LogP contribution in [0.3, 0.4) is 0 Å². The third kappa shape index (κ3) is 1.22. The molecule has 1 fully saturated rings. The molecule has 2 heterocycles. The molecule has 0 saturated carbocycles. The van der Waals surface area contributed by atoms with E-state index in [4.69, 9.17) is 0 Å². The first-order valence-electron chi connectivity index (χ1n) is 4.51. The molecule has 1 atom stereocenters. The van der Waals surface area contributed by atoms with Crippen molar-refractivity contribution < 1.29 is 0 Å². The molecular weight excluding hydrogens is 152 g/mol. The number of rotatable bonds is 2. The van der Waals surface area contributed by atoms with Crippen LogP contribution in [-0.2, 0) is 6.42 Å². The summed E-state index contributed by atoms with van der Waals surface area (Å²) in [6.45, 7) is 4.28. The first-order valence-corrected chi connectivity index (χ1v) is 4.51. The number of aromatic nitrogens is 3. The van der Waals surface area contributed by atoms with Crippen LogP contribution in [0, 0.1) is 0 Å². The van der Waals surface area contributed by atoms with Crippen LogP contribution >= 0.6 is 0 Å². The molecule has 1 saturated heterocycles. The van der Waals surface area contributed by atoms with Gasteiger partial charge in [0.05, 0.1) is 17.9 Å². The Labute approximate surface area is 72.0 Å². The monoisotopic (exact) mass is 166 g/mol. The maximum absolute atomic E-state index is 4.10. The van der Waals surface area contributed by atoms with Crippen LogP contribution in [0.15, 0.2) is 6.20 Å². The molecule has 12 heavy (non-hydrogen) atoms. The number of hydrogen-bond acceptors (Lipinski definition) is 3. The average molecular weight is 166 g/mol. The summed E-state index contributed by atoms with van der Waals surface area (Å²) >= 11 is 0. The Morgan fingerprint density at radius 1 is 1.75 bits per heavy atom. The zero-order chi connectivity index (χ0) is 8.39. The predicted octanol–water partition coefficient (Wildman–Crippen LogP) is 0.375.